The van der Waals surface area contributed by atoms with E-state index in [-0.39, 0.29) is 0 Å². The summed E-state index contributed by atoms with van der Waals surface area (Å²) < 4.78 is 5.06. The molecule has 1 N–H and O–H groups in total. The van der Waals surface area contributed by atoms with Gasteiger partial charge in [0.05, 0.1) is 10.6 Å². The minimum absolute atomic E-state index is 0.328. The molecule has 2 heterocycles. The standard InChI is InChI=1S/C14H12ClN3O3/c1-9(21-14(20)10-4-6-16-7-5-10)13(19)18-12-3-2-11(15)8-17-12/h2-9H,1H3,(H,17,18,19)/t9-/m0/s1. The molecule has 0 saturated heterocycles. The molecule has 0 aliphatic rings. The molecule has 0 fully saturated rings. The number of rotatable bonds is 4. The number of carbonyl (C=O) groups is 2. The highest BCUT2D eigenvalue weighted by Crippen LogP contribution is 2.10. The number of halogens is 1. The van der Waals surface area contributed by atoms with Crippen molar-refractivity contribution in [2.45, 2.75) is 13.0 Å². The van der Waals surface area contributed by atoms with E-state index in [1.807, 2.05) is 0 Å². The van der Waals surface area contributed by atoms with E-state index in [0.29, 0.717) is 16.4 Å². The van der Waals surface area contributed by atoms with E-state index in [1.54, 1.807) is 12.1 Å². The van der Waals surface area contributed by atoms with Crippen molar-refractivity contribution >= 4 is 29.3 Å². The van der Waals surface area contributed by atoms with Crippen LogP contribution in [0.15, 0.2) is 42.9 Å². The summed E-state index contributed by atoms with van der Waals surface area (Å²) in [5.41, 5.74) is 0.328. The highest BCUT2D eigenvalue weighted by Gasteiger charge is 2.19. The van der Waals surface area contributed by atoms with E-state index in [0.717, 1.165) is 0 Å². The second kappa shape index (κ2) is 6.81. The Morgan fingerprint density at radius 1 is 1.24 bits per heavy atom. The zero-order chi connectivity index (χ0) is 15.2. The predicted octanol–water partition coefficient (Wildman–Crippen LogP) is 2.31. The van der Waals surface area contributed by atoms with Crippen LogP contribution in [0.25, 0.3) is 0 Å². The smallest absolute Gasteiger partial charge is 0.339 e. The third-order valence-electron chi connectivity index (χ3n) is 2.55. The van der Waals surface area contributed by atoms with Gasteiger partial charge in [-0.2, -0.15) is 0 Å². The molecule has 6 nitrogen and oxygen atoms in total. The highest BCUT2D eigenvalue weighted by atomic mass is 35.5. The van der Waals surface area contributed by atoms with Crippen LogP contribution >= 0.6 is 11.6 Å². The molecule has 2 aromatic heterocycles. The van der Waals surface area contributed by atoms with Gasteiger partial charge in [-0.1, -0.05) is 11.6 Å². The van der Waals surface area contributed by atoms with Gasteiger partial charge in [0.15, 0.2) is 6.10 Å². The van der Waals surface area contributed by atoms with E-state index in [4.69, 9.17) is 16.3 Å². The number of hydrogen-bond acceptors (Lipinski definition) is 5. The third kappa shape index (κ3) is 4.25. The van der Waals surface area contributed by atoms with Crippen LogP contribution in [0.5, 0.6) is 0 Å². The maximum atomic E-state index is 11.9. The summed E-state index contributed by atoms with van der Waals surface area (Å²) in [5, 5.41) is 2.99. The van der Waals surface area contributed by atoms with Crippen LogP contribution in [0.3, 0.4) is 0 Å². The van der Waals surface area contributed by atoms with Gasteiger partial charge < -0.3 is 10.1 Å². The largest absolute Gasteiger partial charge is 0.449 e. The molecule has 0 unspecified atom stereocenters. The number of pyridine rings is 2. The molecule has 0 radical (unpaired) electrons. The number of nitrogens with zero attached hydrogens (tertiary/aromatic N) is 2. The number of hydrogen-bond donors (Lipinski definition) is 1. The summed E-state index contributed by atoms with van der Waals surface area (Å²) in [7, 11) is 0. The quantitative estimate of drug-likeness (QED) is 0.877. The van der Waals surface area contributed by atoms with E-state index >= 15 is 0 Å². The van der Waals surface area contributed by atoms with E-state index < -0.39 is 18.0 Å². The summed E-state index contributed by atoms with van der Waals surface area (Å²) in [6.45, 7) is 1.48. The molecule has 0 spiro atoms. The van der Waals surface area contributed by atoms with Gasteiger partial charge in [0.1, 0.15) is 5.82 Å². The molecule has 108 valence electrons. The number of esters is 1. The number of anilines is 1. The van der Waals surface area contributed by atoms with Crippen molar-refractivity contribution in [2.75, 3.05) is 5.32 Å². The van der Waals surface area contributed by atoms with Crippen LogP contribution in [0.1, 0.15) is 17.3 Å². The average Bonchev–Trinajstić information content (AvgIpc) is 2.50. The first kappa shape index (κ1) is 14.9. The minimum atomic E-state index is -0.955. The Bertz CT molecular complexity index is 632. The van der Waals surface area contributed by atoms with Crippen molar-refractivity contribution < 1.29 is 14.3 Å². The van der Waals surface area contributed by atoms with Gasteiger partial charge in [0, 0.05) is 18.6 Å². The van der Waals surface area contributed by atoms with Gasteiger partial charge >= 0.3 is 5.97 Å². The fraction of sp³-hybridized carbons (Fsp3) is 0.143. The van der Waals surface area contributed by atoms with E-state index in [9.17, 15) is 9.59 Å². The topological polar surface area (TPSA) is 81.2 Å². The van der Waals surface area contributed by atoms with Crippen molar-refractivity contribution in [2.24, 2.45) is 0 Å². The summed E-state index contributed by atoms with van der Waals surface area (Å²) in [4.78, 5) is 31.4. The minimum Gasteiger partial charge on any atom is -0.449 e. The van der Waals surface area contributed by atoms with Crippen molar-refractivity contribution in [3.63, 3.8) is 0 Å². The van der Waals surface area contributed by atoms with Crippen molar-refractivity contribution in [1.82, 2.24) is 9.97 Å². The Labute approximate surface area is 126 Å². The van der Waals surface area contributed by atoms with E-state index in [2.05, 4.69) is 15.3 Å². The molecule has 1 atom stereocenters. The monoisotopic (exact) mass is 305 g/mol. The van der Waals surface area contributed by atoms with Gasteiger partial charge in [0.25, 0.3) is 5.91 Å². The normalized spacial score (nSPS) is 11.5. The molecule has 0 aliphatic heterocycles. The summed E-state index contributed by atoms with van der Waals surface area (Å²) >= 11 is 5.70. The van der Waals surface area contributed by atoms with Crippen LogP contribution in [-0.4, -0.2) is 27.9 Å². The molecular formula is C14H12ClN3O3. The lowest BCUT2D eigenvalue weighted by atomic mass is 10.3. The predicted molar refractivity (Wildman–Crippen MR) is 77.0 cm³/mol. The molecule has 2 rings (SSSR count). The first-order chi connectivity index (χ1) is 10.1. The van der Waals surface area contributed by atoms with Crippen molar-refractivity contribution in [3.8, 4) is 0 Å². The third-order valence-corrected chi connectivity index (χ3v) is 2.77. The lowest BCUT2D eigenvalue weighted by molar-refractivity contribution is -0.123. The SMILES string of the molecule is C[C@H](OC(=O)c1ccncc1)C(=O)Nc1ccc(Cl)cn1. The molecule has 1 amide bonds. The second-order valence-electron chi connectivity index (χ2n) is 4.13. The Morgan fingerprint density at radius 3 is 2.57 bits per heavy atom. The fourth-order valence-corrected chi connectivity index (χ4v) is 1.56. The van der Waals surface area contributed by atoms with Crippen LogP contribution in [-0.2, 0) is 9.53 Å². The Hall–Kier alpha value is -2.47. The number of nitrogens with one attached hydrogen (secondary N) is 1. The Kier molecular flexibility index (Phi) is 4.84. The van der Waals surface area contributed by atoms with Crippen LogP contribution in [0.2, 0.25) is 5.02 Å². The zero-order valence-corrected chi connectivity index (χ0v) is 11.9. The molecule has 2 aromatic rings. The molecule has 0 bridgehead atoms. The van der Waals surface area contributed by atoms with Crippen molar-refractivity contribution in [3.05, 3.63) is 53.4 Å². The number of aromatic nitrogens is 2. The molecule has 21 heavy (non-hydrogen) atoms. The Balaban J connectivity index is 1.93. The van der Waals surface area contributed by atoms with Gasteiger partial charge in [0.2, 0.25) is 0 Å². The molecule has 0 aliphatic carbocycles. The first-order valence-corrected chi connectivity index (χ1v) is 6.47. The fourth-order valence-electron chi connectivity index (χ4n) is 1.45. The molecule has 0 saturated carbocycles. The van der Waals surface area contributed by atoms with Gasteiger partial charge in [-0.3, -0.25) is 9.78 Å². The highest BCUT2D eigenvalue weighted by molar-refractivity contribution is 6.30. The maximum Gasteiger partial charge on any atom is 0.339 e. The number of ether oxygens (including phenoxy) is 1. The number of amides is 1. The second-order valence-corrected chi connectivity index (χ2v) is 4.57. The molecule has 0 aromatic carbocycles. The molecule has 7 heteroatoms. The lowest BCUT2D eigenvalue weighted by Gasteiger charge is -2.13. The first-order valence-electron chi connectivity index (χ1n) is 6.09. The van der Waals surface area contributed by atoms with Crippen LogP contribution in [0, 0.1) is 0 Å². The summed E-state index contributed by atoms with van der Waals surface area (Å²) in [5.74, 6) is -0.743. The molecular weight excluding hydrogens is 294 g/mol. The summed E-state index contributed by atoms with van der Waals surface area (Å²) in [6, 6.07) is 6.16. The van der Waals surface area contributed by atoms with Crippen LogP contribution in [0.4, 0.5) is 5.82 Å². The Morgan fingerprint density at radius 2 is 1.95 bits per heavy atom. The number of carbonyl (C=O) groups excluding carboxylic acids is 2. The summed E-state index contributed by atoms with van der Waals surface area (Å²) in [6.07, 6.45) is 3.39. The zero-order valence-electron chi connectivity index (χ0n) is 11.1. The van der Waals surface area contributed by atoms with E-state index in [1.165, 1.54) is 37.6 Å². The lowest BCUT2D eigenvalue weighted by Crippen LogP contribution is -2.30. The maximum absolute atomic E-state index is 11.9. The van der Waals surface area contributed by atoms with Crippen LogP contribution < -0.4 is 5.32 Å². The van der Waals surface area contributed by atoms with Gasteiger partial charge in [-0.05, 0) is 31.2 Å². The van der Waals surface area contributed by atoms with Gasteiger partial charge in [-0.15, -0.1) is 0 Å². The van der Waals surface area contributed by atoms with Crippen molar-refractivity contribution in [1.29, 1.82) is 0 Å². The average molecular weight is 306 g/mol. The van der Waals surface area contributed by atoms with Gasteiger partial charge in [-0.25, -0.2) is 9.78 Å².